The molecular weight excluding hydrogens is 390 g/mol. The van der Waals surface area contributed by atoms with Crippen molar-refractivity contribution < 1.29 is 9.53 Å². The summed E-state index contributed by atoms with van der Waals surface area (Å²) >= 11 is 0. The summed E-state index contributed by atoms with van der Waals surface area (Å²) in [6, 6.07) is 3.51. The number of hydrogen-bond donors (Lipinski definition) is 0. The smallest absolute Gasteiger partial charge is 0.180 e. The number of carbonyl (C=O) groups excluding carboxylic acids is 1. The number of aromatic nitrogens is 3. The molecule has 2 aromatic heterocycles. The fourth-order valence-electron chi connectivity index (χ4n) is 3.76. The maximum Gasteiger partial charge on any atom is 0.180 e. The number of nitrogens with zero attached hydrogens (tertiary/aromatic N) is 5. The summed E-state index contributed by atoms with van der Waals surface area (Å²) in [6.45, 7) is 7.55. The molecule has 7 heteroatoms. The Kier molecular flexibility index (Phi) is 7.59. The number of ether oxygens (including phenoxy) is 1. The molecule has 0 aliphatic heterocycles. The zero-order valence-electron chi connectivity index (χ0n) is 19.7. The fraction of sp³-hybridized carbons (Fsp3) is 0.583. The third kappa shape index (κ3) is 5.79. The summed E-state index contributed by atoms with van der Waals surface area (Å²) in [7, 11) is 6.00. The van der Waals surface area contributed by atoms with Gasteiger partial charge in [-0.1, -0.05) is 13.8 Å². The molecule has 0 radical (unpaired) electrons. The monoisotopic (exact) mass is 425 g/mol. The van der Waals surface area contributed by atoms with Crippen LogP contribution < -0.4 is 9.64 Å². The van der Waals surface area contributed by atoms with Gasteiger partial charge in [0.25, 0.3) is 0 Å². The van der Waals surface area contributed by atoms with Crippen molar-refractivity contribution in [1.29, 1.82) is 0 Å². The highest BCUT2D eigenvalue weighted by atomic mass is 16.5. The average molecular weight is 426 g/mol. The van der Waals surface area contributed by atoms with E-state index < -0.39 is 0 Å². The second kappa shape index (κ2) is 10.2. The second-order valence-electron chi connectivity index (χ2n) is 9.03. The summed E-state index contributed by atoms with van der Waals surface area (Å²) in [6.07, 6.45) is 5.24. The molecule has 0 spiro atoms. The van der Waals surface area contributed by atoms with E-state index in [1.165, 1.54) is 0 Å². The third-order valence-electron chi connectivity index (χ3n) is 5.67. The highest BCUT2D eigenvalue weighted by molar-refractivity contribution is 5.87. The molecule has 3 rings (SSSR count). The SMILES string of the molecule is CC(C)CC(=O)[C@@H](C)N(C)c1nc(-c2cc(OCCN(C)C)ccn2)nc2c1CCC2. The number of fused-ring (bicyclic) bond motifs is 1. The average Bonchev–Trinajstić information content (AvgIpc) is 3.20. The predicted molar refractivity (Wildman–Crippen MR) is 124 cm³/mol. The Labute approximate surface area is 185 Å². The minimum Gasteiger partial charge on any atom is -0.492 e. The standard InChI is InChI=1S/C24H35N5O2/c1-16(2)14-22(30)17(3)29(6)24-19-8-7-9-20(19)26-23(27-24)21-15-18(10-11-25-21)31-13-12-28(4)5/h10-11,15-17H,7-9,12-14H2,1-6H3/t17-/m1/s1. The normalized spacial score (nSPS) is 14.1. The highest BCUT2D eigenvalue weighted by Gasteiger charge is 2.27. The van der Waals surface area contributed by atoms with Crippen LogP contribution >= 0.6 is 0 Å². The van der Waals surface area contributed by atoms with Crippen molar-refractivity contribution in [3.05, 3.63) is 29.6 Å². The van der Waals surface area contributed by atoms with Crippen molar-refractivity contribution in [3.63, 3.8) is 0 Å². The number of carbonyl (C=O) groups is 1. The van der Waals surface area contributed by atoms with Gasteiger partial charge in [-0.2, -0.15) is 0 Å². The van der Waals surface area contributed by atoms with Gasteiger partial charge < -0.3 is 14.5 Å². The number of rotatable bonds is 10. The van der Waals surface area contributed by atoms with Crippen molar-refractivity contribution in [3.8, 4) is 17.3 Å². The zero-order valence-corrected chi connectivity index (χ0v) is 19.7. The summed E-state index contributed by atoms with van der Waals surface area (Å²) in [5.74, 6) is 2.77. The van der Waals surface area contributed by atoms with Gasteiger partial charge in [-0.05, 0) is 52.3 Å². The van der Waals surface area contributed by atoms with E-state index in [2.05, 4.69) is 23.7 Å². The van der Waals surface area contributed by atoms with Crippen LogP contribution in [0.2, 0.25) is 0 Å². The van der Waals surface area contributed by atoms with Crippen LogP contribution in [0, 0.1) is 5.92 Å². The Morgan fingerprint density at radius 2 is 1.94 bits per heavy atom. The maximum absolute atomic E-state index is 12.7. The van der Waals surface area contributed by atoms with Gasteiger partial charge in [0.2, 0.25) is 0 Å². The molecule has 1 aliphatic carbocycles. The lowest BCUT2D eigenvalue weighted by Crippen LogP contribution is -2.37. The van der Waals surface area contributed by atoms with E-state index in [1.54, 1.807) is 6.20 Å². The van der Waals surface area contributed by atoms with E-state index >= 15 is 0 Å². The van der Waals surface area contributed by atoms with E-state index in [0.717, 1.165) is 48.6 Å². The number of anilines is 1. The van der Waals surface area contributed by atoms with Gasteiger partial charge >= 0.3 is 0 Å². The second-order valence-corrected chi connectivity index (χ2v) is 9.03. The van der Waals surface area contributed by atoms with Crippen LogP contribution in [0.15, 0.2) is 18.3 Å². The highest BCUT2D eigenvalue weighted by Crippen LogP contribution is 2.32. The molecule has 0 bridgehead atoms. The van der Waals surface area contributed by atoms with E-state index in [0.29, 0.717) is 30.5 Å². The van der Waals surface area contributed by atoms with Gasteiger partial charge in [-0.3, -0.25) is 9.78 Å². The molecule has 2 heterocycles. The van der Waals surface area contributed by atoms with E-state index in [9.17, 15) is 4.79 Å². The number of likely N-dealkylation sites (N-methyl/N-ethyl adjacent to an activating group) is 2. The Bertz CT molecular complexity index is 913. The first-order chi connectivity index (χ1) is 14.8. The molecule has 7 nitrogen and oxygen atoms in total. The predicted octanol–water partition coefficient (Wildman–Crippen LogP) is 3.41. The van der Waals surface area contributed by atoms with Crippen LogP contribution in [0.4, 0.5) is 5.82 Å². The van der Waals surface area contributed by atoms with Crippen molar-refractivity contribution in [2.24, 2.45) is 5.92 Å². The Hall–Kier alpha value is -2.54. The summed E-state index contributed by atoms with van der Waals surface area (Å²) in [4.78, 5) is 31.0. The Morgan fingerprint density at radius 3 is 2.65 bits per heavy atom. The summed E-state index contributed by atoms with van der Waals surface area (Å²) in [5.41, 5.74) is 2.91. The minimum atomic E-state index is -0.233. The first kappa shape index (κ1) is 23.1. The summed E-state index contributed by atoms with van der Waals surface area (Å²) < 4.78 is 5.86. The molecule has 168 valence electrons. The number of Topliss-reactive ketones (excluding diaryl/α,β-unsaturated/α-hetero) is 1. The molecule has 0 fully saturated rings. The van der Waals surface area contributed by atoms with Gasteiger partial charge in [0, 0.05) is 43.5 Å². The van der Waals surface area contributed by atoms with Crippen molar-refractivity contribution in [1.82, 2.24) is 19.9 Å². The van der Waals surface area contributed by atoms with Crippen molar-refractivity contribution >= 4 is 11.6 Å². The van der Waals surface area contributed by atoms with E-state index in [1.807, 2.05) is 45.1 Å². The van der Waals surface area contributed by atoms with Crippen LogP contribution in [0.25, 0.3) is 11.5 Å². The van der Waals surface area contributed by atoms with Crippen LogP contribution in [0.3, 0.4) is 0 Å². The Balaban J connectivity index is 1.89. The molecule has 1 aliphatic rings. The van der Waals surface area contributed by atoms with E-state index in [4.69, 9.17) is 14.7 Å². The minimum absolute atomic E-state index is 0.233. The van der Waals surface area contributed by atoms with Crippen LogP contribution in [0.5, 0.6) is 5.75 Å². The molecular formula is C24H35N5O2. The number of aryl methyl sites for hydroxylation is 1. The molecule has 0 N–H and O–H groups in total. The number of hydrogen-bond acceptors (Lipinski definition) is 7. The van der Waals surface area contributed by atoms with Gasteiger partial charge in [0.15, 0.2) is 11.6 Å². The van der Waals surface area contributed by atoms with Crippen molar-refractivity contribution in [2.45, 2.75) is 52.5 Å². The van der Waals surface area contributed by atoms with Gasteiger partial charge in [0.05, 0.1) is 6.04 Å². The molecule has 0 amide bonds. The van der Waals surface area contributed by atoms with Gasteiger partial charge in [-0.15, -0.1) is 0 Å². The molecule has 2 aromatic rings. The van der Waals surface area contributed by atoms with E-state index in [-0.39, 0.29) is 11.8 Å². The zero-order chi connectivity index (χ0) is 22.5. The largest absolute Gasteiger partial charge is 0.492 e. The number of ketones is 1. The molecule has 0 aromatic carbocycles. The quantitative estimate of drug-likeness (QED) is 0.578. The first-order valence-corrected chi connectivity index (χ1v) is 11.2. The van der Waals surface area contributed by atoms with Gasteiger partial charge in [-0.25, -0.2) is 9.97 Å². The van der Waals surface area contributed by atoms with Crippen LogP contribution in [0.1, 0.15) is 44.9 Å². The number of pyridine rings is 1. The maximum atomic E-state index is 12.7. The molecule has 0 unspecified atom stereocenters. The lowest BCUT2D eigenvalue weighted by molar-refractivity contribution is -0.120. The molecule has 1 atom stereocenters. The van der Waals surface area contributed by atoms with Crippen LogP contribution in [-0.4, -0.2) is 66.0 Å². The lowest BCUT2D eigenvalue weighted by atomic mass is 10.0. The first-order valence-electron chi connectivity index (χ1n) is 11.2. The van der Waals surface area contributed by atoms with Gasteiger partial charge in [0.1, 0.15) is 23.9 Å². The Morgan fingerprint density at radius 1 is 1.16 bits per heavy atom. The van der Waals surface area contributed by atoms with Crippen molar-refractivity contribution in [2.75, 3.05) is 39.2 Å². The fourth-order valence-corrected chi connectivity index (χ4v) is 3.76. The summed E-state index contributed by atoms with van der Waals surface area (Å²) in [5, 5.41) is 0. The molecule has 0 saturated heterocycles. The third-order valence-corrected chi connectivity index (χ3v) is 5.67. The molecule has 0 saturated carbocycles. The lowest BCUT2D eigenvalue weighted by Gasteiger charge is -2.27. The van der Waals surface area contributed by atoms with Crippen LogP contribution in [-0.2, 0) is 17.6 Å². The molecule has 31 heavy (non-hydrogen) atoms. The topological polar surface area (TPSA) is 71.5 Å².